The number of rotatable bonds is 2. The van der Waals surface area contributed by atoms with Crippen molar-refractivity contribution in [3.63, 3.8) is 0 Å². The first-order valence-corrected chi connectivity index (χ1v) is 6.09. The summed E-state index contributed by atoms with van der Waals surface area (Å²) < 4.78 is 2.93. The zero-order valence-corrected chi connectivity index (χ0v) is 11.3. The third kappa shape index (κ3) is 1.99. The first kappa shape index (κ1) is 11.6. The standard InChI is InChI=1S/C12H13IN2O/c1-8-4-3-5-9(10(8)13)11(16)12-14-6-7-15(12)2/h3-7,11,16H,1-2H3. The van der Waals surface area contributed by atoms with Gasteiger partial charge in [0, 0.05) is 28.6 Å². The zero-order chi connectivity index (χ0) is 11.7. The number of aliphatic hydroxyl groups is 1. The summed E-state index contributed by atoms with van der Waals surface area (Å²) in [5.74, 6) is 0.670. The highest BCUT2D eigenvalue weighted by Gasteiger charge is 2.17. The van der Waals surface area contributed by atoms with E-state index in [4.69, 9.17) is 0 Å². The van der Waals surface area contributed by atoms with Gasteiger partial charge in [0.25, 0.3) is 0 Å². The summed E-state index contributed by atoms with van der Waals surface area (Å²) >= 11 is 2.26. The number of halogens is 1. The van der Waals surface area contributed by atoms with Crippen LogP contribution in [0.3, 0.4) is 0 Å². The van der Waals surface area contributed by atoms with E-state index in [2.05, 4.69) is 27.6 Å². The van der Waals surface area contributed by atoms with Crippen LogP contribution in [-0.4, -0.2) is 14.7 Å². The first-order chi connectivity index (χ1) is 7.61. The lowest BCUT2D eigenvalue weighted by atomic mass is 10.1. The minimum atomic E-state index is -0.660. The van der Waals surface area contributed by atoms with Gasteiger partial charge in [-0.15, -0.1) is 0 Å². The number of hydrogen-bond donors (Lipinski definition) is 1. The van der Waals surface area contributed by atoms with Crippen molar-refractivity contribution in [2.75, 3.05) is 0 Å². The fourth-order valence-corrected chi connectivity index (χ4v) is 2.32. The van der Waals surface area contributed by atoms with Crippen molar-refractivity contribution in [1.82, 2.24) is 9.55 Å². The van der Waals surface area contributed by atoms with Crippen molar-refractivity contribution in [1.29, 1.82) is 0 Å². The maximum Gasteiger partial charge on any atom is 0.142 e. The minimum absolute atomic E-state index is 0.660. The summed E-state index contributed by atoms with van der Waals surface area (Å²) in [5, 5.41) is 10.3. The monoisotopic (exact) mass is 328 g/mol. The van der Waals surface area contributed by atoms with Gasteiger partial charge in [0.05, 0.1) is 0 Å². The van der Waals surface area contributed by atoms with Crippen molar-refractivity contribution in [3.05, 3.63) is 51.1 Å². The number of imidazole rings is 1. The van der Waals surface area contributed by atoms with Crippen LogP contribution in [0.15, 0.2) is 30.6 Å². The molecule has 2 rings (SSSR count). The van der Waals surface area contributed by atoms with Crippen LogP contribution in [-0.2, 0) is 7.05 Å². The van der Waals surface area contributed by atoms with Gasteiger partial charge in [-0.3, -0.25) is 0 Å². The Bertz CT molecular complexity index is 507. The van der Waals surface area contributed by atoms with Crippen LogP contribution in [0.1, 0.15) is 23.1 Å². The molecule has 1 heterocycles. The average molecular weight is 328 g/mol. The smallest absolute Gasteiger partial charge is 0.142 e. The molecule has 1 unspecified atom stereocenters. The predicted molar refractivity (Wildman–Crippen MR) is 71.2 cm³/mol. The molecule has 0 spiro atoms. The van der Waals surface area contributed by atoms with Crippen molar-refractivity contribution in [2.45, 2.75) is 13.0 Å². The second-order valence-electron chi connectivity index (χ2n) is 3.78. The van der Waals surface area contributed by atoms with Gasteiger partial charge in [-0.1, -0.05) is 18.2 Å². The fourth-order valence-electron chi connectivity index (χ4n) is 1.66. The lowest BCUT2D eigenvalue weighted by Crippen LogP contribution is -2.08. The van der Waals surface area contributed by atoms with E-state index in [1.54, 1.807) is 6.20 Å². The van der Waals surface area contributed by atoms with E-state index in [9.17, 15) is 5.11 Å². The van der Waals surface area contributed by atoms with E-state index in [0.717, 1.165) is 9.13 Å². The molecule has 0 aliphatic rings. The second kappa shape index (κ2) is 4.55. The first-order valence-electron chi connectivity index (χ1n) is 5.01. The molecule has 4 heteroatoms. The zero-order valence-electron chi connectivity index (χ0n) is 9.18. The molecule has 16 heavy (non-hydrogen) atoms. The Balaban J connectivity index is 2.46. The number of hydrogen-bond acceptors (Lipinski definition) is 2. The molecule has 3 nitrogen and oxygen atoms in total. The van der Waals surface area contributed by atoms with Crippen LogP contribution in [0.25, 0.3) is 0 Å². The van der Waals surface area contributed by atoms with Crippen molar-refractivity contribution < 1.29 is 5.11 Å². The Morgan fingerprint density at radius 2 is 2.19 bits per heavy atom. The van der Waals surface area contributed by atoms with Crippen LogP contribution in [0.4, 0.5) is 0 Å². The molecular formula is C12H13IN2O. The van der Waals surface area contributed by atoms with Crippen LogP contribution in [0.5, 0.6) is 0 Å². The normalized spacial score (nSPS) is 12.8. The van der Waals surface area contributed by atoms with Crippen molar-refractivity contribution in [2.24, 2.45) is 7.05 Å². The summed E-state index contributed by atoms with van der Waals surface area (Å²) in [6.07, 6.45) is 2.87. The molecule has 0 aliphatic carbocycles. The lowest BCUT2D eigenvalue weighted by Gasteiger charge is -2.14. The largest absolute Gasteiger partial charge is 0.380 e. The van der Waals surface area contributed by atoms with Gasteiger partial charge in [-0.05, 0) is 35.1 Å². The van der Waals surface area contributed by atoms with Gasteiger partial charge in [0.1, 0.15) is 11.9 Å². The molecule has 1 atom stereocenters. The Hall–Kier alpha value is -0.880. The molecule has 0 aliphatic heterocycles. The summed E-state index contributed by atoms with van der Waals surface area (Å²) in [7, 11) is 1.88. The Morgan fingerprint density at radius 1 is 1.44 bits per heavy atom. The molecule has 0 saturated carbocycles. The molecule has 0 radical (unpaired) electrons. The van der Waals surface area contributed by atoms with Crippen molar-refractivity contribution >= 4 is 22.6 Å². The highest BCUT2D eigenvalue weighted by atomic mass is 127. The summed E-state index contributed by atoms with van der Waals surface area (Å²) in [6.45, 7) is 2.04. The van der Waals surface area contributed by atoms with Gasteiger partial charge in [-0.25, -0.2) is 4.98 Å². The molecule has 0 bridgehead atoms. The topological polar surface area (TPSA) is 38.1 Å². The fraction of sp³-hybridized carbons (Fsp3) is 0.250. The molecule has 84 valence electrons. The minimum Gasteiger partial charge on any atom is -0.380 e. The maximum absolute atomic E-state index is 10.3. The maximum atomic E-state index is 10.3. The molecule has 0 saturated heterocycles. The lowest BCUT2D eigenvalue weighted by molar-refractivity contribution is 0.205. The number of benzene rings is 1. The quantitative estimate of drug-likeness (QED) is 0.860. The van der Waals surface area contributed by atoms with E-state index in [0.29, 0.717) is 5.82 Å². The number of aryl methyl sites for hydroxylation is 2. The summed E-state index contributed by atoms with van der Waals surface area (Å²) in [6, 6.07) is 5.93. The van der Waals surface area contributed by atoms with Gasteiger partial charge < -0.3 is 9.67 Å². The molecule has 1 N–H and O–H groups in total. The molecule has 2 aromatic rings. The number of nitrogens with zero attached hydrogens (tertiary/aromatic N) is 2. The molecule has 1 aromatic carbocycles. The van der Waals surface area contributed by atoms with Crippen LogP contribution < -0.4 is 0 Å². The molecule has 1 aromatic heterocycles. The highest BCUT2D eigenvalue weighted by Crippen LogP contribution is 2.26. The summed E-state index contributed by atoms with van der Waals surface area (Å²) in [5.41, 5.74) is 2.08. The summed E-state index contributed by atoms with van der Waals surface area (Å²) in [4.78, 5) is 4.17. The predicted octanol–water partition coefficient (Wildman–Crippen LogP) is 2.41. The van der Waals surface area contributed by atoms with Gasteiger partial charge in [0.15, 0.2) is 0 Å². The van der Waals surface area contributed by atoms with Gasteiger partial charge in [0.2, 0.25) is 0 Å². The van der Waals surface area contributed by atoms with Crippen molar-refractivity contribution in [3.8, 4) is 0 Å². The molecular weight excluding hydrogens is 315 g/mol. The Kier molecular flexibility index (Phi) is 3.30. The third-order valence-electron chi connectivity index (χ3n) is 2.62. The Morgan fingerprint density at radius 3 is 2.81 bits per heavy atom. The SMILES string of the molecule is Cc1cccc(C(O)c2nccn2C)c1I. The molecule has 0 amide bonds. The highest BCUT2D eigenvalue weighted by molar-refractivity contribution is 14.1. The van der Waals surface area contributed by atoms with E-state index in [-0.39, 0.29) is 0 Å². The van der Waals surface area contributed by atoms with Crippen LogP contribution in [0, 0.1) is 10.5 Å². The van der Waals surface area contributed by atoms with E-state index >= 15 is 0 Å². The number of aliphatic hydroxyl groups excluding tert-OH is 1. The van der Waals surface area contributed by atoms with E-state index < -0.39 is 6.10 Å². The Labute approximate surface area is 108 Å². The van der Waals surface area contributed by atoms with E-state index in [1.807, 2.05) is 42.9 Å². The number of aromatic nitrogens is 2. The van der Waals surface area contributed by atoms with E-state index in [1.165, 1.54) is 5.56 Å². The third-order valence-corrected chi connectivity index (χ3v) is 4.09. The molecule has 0 fully saturated rings. The second-order valence-corrected chi connectivity index (χ2v) is 4.86. The van der Waals surface area contributed by atoms with Crippen LogP contribution >= 0.6 is 22.6 Å². The van der Waals surface area contributed by atoms with Gasteiger partial charge in [-0.2, -0.15) is 0 Å². The van der Waals surface area contributed by atoms with Gasteiger partial charge >= 0.3 is 0 Å². The average Bonchev–Trinajstić information content (AvgIpc) is 2.68. The van der Waals surface area contributed by atoms with Crippen LogP contribution in [0.2, 0.25) is 0 Å².